The Morgan fingerprint density at radius 3 is 3.00 bits per heavy atom. The first kappa shape index (κ1) is 17.0. The highest BCUT2D eigenvalue weighted by Crippen LogP contribution is 2.34. The number of nitrogens with one attached hydrogen (secondary N) is 1. The van der Waals surface area contributed by atoms with Crippen LogP contribution in [0.1, 0.15) is 11.3 Å². The van der Waals surface area contributed by atoms with Gasteiger partial charge in [-0.05, 0) is 17.7 Å². The number of hydrazone groups is 1. The number of methoxy groups -OCH3 is 2. The number of thiazole rings is 1. The molecule has 7 nitrogen and oxygen atoms in total. The minimum atomic E-state index is -0.351. The summed E-state index contributed by atoms with van der Waals surface area (Å²) >= 11 is 7.21. The Morgan fingerprint density at radius 2 is 2.30 bits per heavy atom. The number of aromatic nitrogens is 1. The summed E-state index contributed by atoms with van der Waals surface area (Å²) in [5.74, 6) is -0.212. The van der Waals surface area contributed by atoms with Crippen molar-refractivity contribution in [2.45, 2.75) is 6.42 Å². The molecule has 0 atom stereocenters. The van der Waals surface area contributed by atoms with E-state index in [-0.39, 0.29) is 28.9 Å². The molecule has 0 saturated heterocycles. The van der Waals surface area contributed by atoms with Gasteiger partial charge in [0.2, 0.25) is 5.13 Å². The molecule has 0 saturated carbocycles. The molecule has 23 heavy (non-hydrogen) atoms. The van der Waals surface area contributed by atoms with Crippen molar-refractivity contribution in [3.8, 4) is 11.5 Å². The smallest absolute Gasteiger partial charge is 0.311 e. The van der Waals surface area contributed by atoms with Crippen LogP contribution in [0.25, 0.3) is 0 Å². The second-order valence-electron chi connectivity index (χ2n) is 4.32. The molecular weight excluding hydrogens is 342 g/mol. The van der Waals surface area contributed by atoms with Gasteiger partial charge in [0.15, 0.2) is 11.5 Å². The van der Waals surface area contributed by atoms with Gasteiger partial charge in [-0.1, -0.05) is 11.6 Å². The molecule has 1 aromatic carbocycles. The molecule has 0 fully saturated rings. The minimum absolute atomic E-state index is 0.114. The Hall–Kier alpha value is -2.32. The van der Waals surface area contributed by atoms with Crippen LogP contribution >= 0.6 is 22.9 Å². The molecule has 0 spiro atoms. The minimum Gasteiger partial charge on any atom is -0.503 e. The summed E-state index contributed by atoms with van der Waals surface area (Å²) in [5, 5.41) is 16.1. The zero-order valence-corrected chi connectivity index (χ0v) is 13.9. The van der Waals surface area contributed by atoms with Crippen molar-refractivity contribution >= 4 is 40.3 Å². The molecule has 0 radical (unpaired) electrons. The molecule has 1 heterocycles. The molecule has 0 aliphatic carbocycles. The van der Waals surface area contributed by atoms with Crippen LogP contribution in [0.5, 0.6) is 11.5 Å². The summed E-state index contributed by atoms with van der Waals surface area (Å²) in [6.07, 6.45) is 1.62. The van der Waals surface area contributed by atoms with Crippen molar-refractivity contribution in [1.29, 1.82) is 0 Å². The SMILES string of the molecule is COC(=O)Cc1csc(N/N=C\c2cc(Cl)c(O)c(OC)c2)n1. The second kappa shape index (κ2) is 7.80. The van der Waals surface area contributed by atoms with Crippen molar-refractivity contribution in [2.75, 3.05) is 19.6 Å². The van der Waals surface area contributed by atoms with Crippen molar-refractivity contribution in [3.63, 3.8) is 0 Å². The summed E-state index contributed by atoms with van der Waals surface area (Å²) in [7, 11) is 2.76. The summed E-state index contributed by atoms with van der Waals surface area (Å²) in [5.41, 5.74) is 4.00. The maximum atomic E-state index is 11.2. The molecule has 2 rings (SSSR count). The zero-order chi connectivity index (χ0) is 16.8. The number of rotatable bonds is 6. The van der Waals surface area contributed by atoms with Crippen LogP contribution in [0.15, 0.2) is 22.6 Å². The largest absolute Gasteiger partial charge is 0.503 e. The summed E-state index contributed by atoms with van der Waals surface area (Å²) in [4.78, 5) is 15.4. The summed E-state index contributed by atoms with van der Waals surface area (Å²) in [6.45, 7) is 0. The number of phenols is 1. The fourth-order valence-electron chi connectivity index (χ4n) is 1.65. The zero-order valence-electron chi connectivity index (χ0n) is 12.4. The highest BCUT2D eigenvalue weighted by molar-refractivity contribution is 7.13. The molecular formula is C14H14ClN3O4S. The Kier molecular flexibility index (Phi) is 5.78. The van der Waals surface area contributed by atoms with Crippen LogP contribution in [0.2, 0.25) is 5.02 Å². The van der Waals surface area contributed by atoms with Gasteiger partial charge in [-0.2, -0.15) is 5.10 Å². The first-order chi connectivity index (χ1) is 11.0. The van der Waals surface area contributed by atoms with Crippen LogP contribution < -0.4 is 10.2 Å². The lowest BCUT2D eigenvalue weighted by Gasteiger charge is -2.05. The van der Waals surface area contributed by atoms with Crippen molar-refractivity contribution in [1.82, 2.24) is 4.98 Å². The van der Waals surface area contributed by atoms with E-state index in [9.17, 15) is 9.90 Å². The van der Waals surface area contributed by atoms with Crippen LogP contribution in [0, 0.1) is 0 Å². The molecule has 1 aromatic heterocycles. The fraction of sp³-hybridized carbons (Fsp3) is 0.214. The molecule has 0 aliphatic rings. The lowest BCUT2D eigenvalue weighted by Crippen LogP contribution is -2.04. The number of hydrogen-bond donors (Lipinski definition) is 2. The predicted molar refractivity (Wildman–Crippen MR) is 88.7 cm³/mol. The normalized spacial score (nSPS) is 10.7. The number of aromatic hydroxyl groups is 1. The number of anilines is 1. The Bertz CT molecular complexity index is 733. The van der Waals surface area contributed by atoms with Gasteiger partial charge in [0.25, 0.3) is 0 Å². The third kappa shape index (κ3) is 4.57. The van der Waals surface area contributed by atoms with Crippen LogP contribution in [-0.2, 0) is 16.0 Å². The van der Waals surface area contributed by atoms with E-state index in [1.54, 1.807) is 17.5 Å². The average Bonchev–Trinajstić information content (AvgIpc) is 2.97. The highest BCUT2D eigenvalue weighted by atomic mass is 35.5. The number of esters is 1. The van der Waals surface area contributed by atoms with Gasteiger partial charge < -0.3 is 14.6 Å². The van der Waals surface area contributed by atoms with E-state index in [0.29, 0.717) is 16.4 Å². The Labute approximate surface area is 141 Å². The average molecular weight is 356 g/mol. The number of phenolic OH excluding ortho intramolecular Hbond substituents is 1. The monoisotopic (exact) mass is 355 g/mol. The molecule has 9 heteroatoms. The first-order valence-corrected chi connectivity index (χ1v) is 7.66. The Balaban J connectivity index is 2.02. The fourth-order valence-corrected chi connectivity index (χ4v) is 2.52. The second-order valence-corrected chi connectivity index (χ2v) is 5.59. The molecule has 0 amide bonds. The van der Waals surface area contributed by atoms with Crippen molar-refractivity contribution in [2.24, 2.45) is 5.10 Å². The number of halogens is 1. The molecule has 0 unspecified atom stereocenters. The predicted octanol–water partition coefficient (Wildman–Crippen LogP) is 2.67. The van der Waals surface area contributed by atoms with Gasteiger partial charge in [-0.15, -0.1) is 11.3 Å². The van der Waals surface area contributed by atoms with E-state index in [1.165, 1.54) is 31.8 Å². The summed E-state index contributed by atoms with van der Waals surface area (Å²) < 4.78 is 9.59. The molecule has 2 N–H and O–H groups in total. The van der Waals surface area contributed by atoms with E-state index in [1.807, 2.05) is 0 Å². The van der Waals surface area contributed by atoms with Crippen LogP contribution in [0.4, 0.5) is 5.13 Å². The number of ether oxygens (including phenoxy) is 2. The highest BCUT2D eigenvalue weighted by Gasteiger charge is 2.08. The summed E-state index contributed by atoms with van der Waals surface area (Å²) in [6, 6.07) is 3.14. The van der Waals surface area contributed by atoms with Crippen LogP contribution in [-0.4, -0.2) is 36.5 Å². The number of benzene rings is 1. The van der Waals surface area contributed by atoms with E-state index < -0.39 is 0 Å². The van der Waals surface area contributed by atoms with Gasteiger partial charge >= 0.3 is 5.97 Å². The molecule has 122 valence electrons. The van der Waals surface area contributed by atoms with E-state index in [0.717, 1.165) is 0 Å². The van der Waals surface area contributed by atoms with Crippen molar-refractivity contribution in [3.05, 3.63) is 33.8 Å². The third-order valence-electron chi connectivity index (χ3n) is 2.75. The Morgan fingerprint density at radius 1 is 1.52 bits per heavy atom. The standard InChI is InChI=1S/C14H14ClN3O4S/c1-21-11-4-8(3-10(15)13(11)20)6-16-18-14-17-9(7-23-14)5-12(19)22-2/h3-4,6-7,20H,5H2,1-2H3,(H,17,18)/b16-6-. The van der Waals surface area contributed by atoms with Gasteiger partial charge in [-0.25, -0.2) is 4.98 Å². The maximum Gasteiger partial charge on any atom is 0.311 e. The number of hydrogen-bond acceptors (Lipinski definition) is 8. The molecule has 0 bridgehead atoms. The first-order valence-electron chi connectivity index (χ1n) is 6.40. The van der Waals surface area contributed by atoms with Gasteiger partial charge in [0, 0.05) is 5.38 Å². The lowest BCUT2D eigenvalue weighted by atomic mass is 10.2. The number of nitrogens with zero attached hydrogens (tertiary/aromatic N) is 2. The van der Waals surface area contributed by atoms with Gasteiger partial charge in [-0.3, -0.25) is 10.2 Å². The number of carbonyl (C=O) groups excluding carboxylic acids is 1. The topological polar surface area (TPSA) is 93.0 Å². The molecule has 2 aromatic rings. The quantitative estimate of drug-likeness (QED) is 0.470. The van der Waals surface area contributed by atoms with Crippen molar-refractivity contribution < 1.29 is 19.4 Å². The lowest BCUT2D eigenvalue weighted by molar-refractivity contribution is -0.139. The van der Waals surface area contributed by atoms with E-state index >= 15 is 0 Å². The van der Waals surface area contributed by atoms with Gasteiger partial charge in [0.1, 0.15) is 0 Å². The third-order valence-corrected chi connectivity index (χ3v) is 3.83. The maximum absolute atomic E-state index is 11.2. The number of carbonyl (C=O) groups is 1. The van der Waals surface area contributed by atoms with Crippen LogP contribution in [0.3, 0.4) is 0 Å². The van der Waals surface area contributed by atoms with E-state index in [4.69, 9.17) is 16.3 Å². The van der Waals surface area contributed by atoms with Gasteiger partial charge in [0.05, 0.1) is 37.6 Å². The molecule has 0 aliphatic heterocycles. The van der Waals surface area contributed by atoms with E-state index in [2.05, 4.69) is 20.2 Å².